The van der Waals surface area contributed by atoms with Crippen molar-refractivity contribution in [1.82, 2.24) is 0 Å². The van der Waals surface area contributed by atoms with Crippen LogP contribution in [0.15, 0.2) is 18.2 Å². The number of rotatable bonds is 6. The van der Waals surface area contributed by atoms with E-state index in [4.69, 9.17) is 0 Å². The minimum atomic E-state index is 0.715. The van der Waals surface area contributed by atoms with Crippen LogP contribution in [0.1, 0.15) is 42.4 Å². The van der Waals surface area contributed by atoms with Crippen LogP contribution in [0.25, 0.3) is 0 Å². The fourth-order valence-corrected chi connectivity index (χ4v) is 1.69. The maximum absolute atomic E-state index is 10.1. The molecule has 1 nitrogen and oxygen atoms in total. The van der Waals surface area contributed by atoms with Crippen LogP contribution in [-0.4, -0.2) is 6.29 Å². The van der Waals surface area contributed by atoms with Gasteiger partial charge >= 0.3 is 0 Å². The van der Waals surface area contributed by atoms with Crippen molar-refractivity contribution in [1.29, 1.82) is 0 Å². The maximum atomic E-state index is 10.1. The van der Waals surface area contributed by atoms with Crippen LogP contribution in [0.3, 0.4) is 0 Å². The molecule has 0 unspecified atom stereocenters. The molecule has 15 heavy (non-hydrogen) atoms. The molecule has 0 aliphatic carbocycles. The second kappa shape index (κ2) is 6.39. The summed E-state index contributed by atoms with van der Waals surface area (Å²) in [6.45, 7) is 4.30. The molecule has 1 aromatic carbocycles. The zero-order valence-electron chi connectivity index (χ0n) is 9.75. The van der Waals surface area contributed by atoms with Crippen molar-refractivity contribution >= 4 is 6.29 Å². The van der Waals surface area contributed by atoms with Gasteiger partial charge in [-0.15, -0.1) is 0 Å². The number of hydrogen-bond acceptors (Lipinski definition) is 1. The lowest BCUT2D eigenvalue weighted by Crippen LogP contribution is -1.89. The average Bonchev–Trinajstić information content (AvgIpc) is 2.23. The molecular weight excluding hydrogens is 184 g/mol. The van der Waals surface area contributed by atoms with Crippen LogP contribution >= 0.6 is 0 Å². The fourth-order valence-electron chi connectivity index (χ4n) is 1.69. The van der Waals surface area contributed by atoms with Gasteiger partial charge in [0.1, 0.15) is 6.29 Å². The molecule has 0 fully saturated rings. The number of carbonyl (C=O) groups is 1. The Kier molecular flexibility index (Phi) is 5.09. The summed E-state index contributed by atoms with van der Waals surface area (Å²) in [5.41, 5.74) is 4.16. The molecule has 1 aromatic rings. The first-order valence-corrected chi connectivity index (χ1v) is 5.74. The van der Waals surface area contributed by atoms with Crippen LogP contribution in [-0.2, 0) is 11.2 Å². The number of aryl methyl sites for hydroxylation is 3. The van der Waals surface area contributed by atoms with E-state index >= 15 is 0 Å². The molecule has 0 bridgehead atoms. The van der Waals surface area contributed by atoms with Gasteiger partial charge in [-0.2, -0.15) is 0 Å². The quantitative estimate of drug-likeness (QED) is 0.511. The van der Waals surface area contributed by atoms with Crippen molar-refractivity contribution in [3.63, 3.8) is 0 Å². The number of unbranched alkanes of at least 4 members (excludes halogenated alkanes) is 3. The zero-order chi connectivity index (χ0) is 11.1. The lowest BCUT2D eigenvalue weighted by Gasteiger charge is -2.04. The fraction of sp³-hybridized carbons (Fsp3) is 0.500. The summed E-state index contributed by atoms with van der Waals surface area (Å²) in [5.74, 6) is 0. The predicted octanol–water partition coefficient (Wildman–Crippen LogP) is 3.61. The number of aldehydes is 1. The number of hydrogen-bond donors (Lipinski definition) is 0. The lowest BCUT2D eigenvalue weighted by molar-refractivity contribution is -0.107. The molecule has 0 N–H and O–H groups in total. The Morgan fingerprint density at radius 1 is 1.07 bits per heavy atom. The summed E-state index contributed by atoms with van der Waals surface area (Å²) in [4.78, 5) is 10.1. The molecule has 0 aromatic heterocycles. The van der Waals surface area contributed by atoms with Crippen molar-refractivity contribution in [3.8, 4) is 0 Å². The monoisotopic (exact) mass is 204 g/mol. The van der Waals surface area contributed by atoms with Gasteiger partial charge in [-0.05, 0) is 49.8 Å². The molecule has 1 heteroatoms. The summed E-state index contributed by atoms with van der Waals surface area (Å²) in [6.07, 6.45) is 6.25. The number of benzene rings is 1. The Bertz CT molecular complexity index is 315. The van der Waals surface area contributed by atoms with Gasteiger partial charge in [-0.25, -0.2) is 0 Å². The van der Waals surface area contributed by atoms with E-state index in [0.29, 0.717) is 6.42 Å². The summed E-state index contributed by atoms with van der Waals surface area (Å²) < 4.78 is 0. The highest BCUT2D eigenvalue weighted by molar-refractivity contribution is 5.48. The summed E-state index contributed by atoms with van der Waals surface area (Å²) in [6, 6.07) is 6.67. The zero-order valence-corrected chi connectivity index (χ0v) is 9.75. The lowest BCUT2D eigenvalue weighted by atomic mass is 10.0. The Morgan fingerprint density at radius 2 is 1.87 bits per heavy atom. The van der Waals surface area contributed by atoms with Crippen molar-refractivity contribution in [2.24, 2.45) is 0 Å². The normalized spacial score (nSPS) is 10.3. The highest BCUT2D eigenvalue weighted by Crippen LogP contribution is 2.12. The van der Waals surface area contributed by atoms with Crippen LogP contribution in [0.2, 0.25) is 0 Å². The van der Waals surface area contributed by atoms with E-state index in [9.17, 15) is 4.79 Å². The second-order valence-electron chi connectivity index (χ2n) is 4.18. The molecule has 0 saturated carbocycles. The summed E-state index contributed by atoms with van der Waals surface area (Å²) >= 11 is 0. The van der Waals surface area contributed by atoms with Gasteiger partial charge < -0.3 is 4.79 Å². The van der Waals surface area contributed by atoms with Gasteiger partial charge in [0.05, 0.1) is 0 Å². The van der Waals surface area contributed by atoms with Gasteiger partial charge in [-0.3, -0.25) is 0 Å². The van der Waals surface area contributed by atoms with E-state index in [1.54, 1.807) is 0 Å². The van der Waals surface area contributed by atoms with Crippen LogP contribution < -0.4 is 0 Å². The van der Waals surface area contributed by atoms with E-state index in [2.05, 4.69) is 32.0 Å². The molecule has 0 heterocycles. The Morgan fingerprint density at radius 3 is 2.53 bits per heavy atom. The van der Waals surface area contributed by atoms with E-state index in [1.807, 2.05) is 0 Å². The molecule has 0 aliphatic rings. The maximum Gasteiger partial charge on any atom is 0.119 e. The minimum absolute atomic E-state index is 0.715. The van der Waals surface area contributed by atoms with Crippen LogP contribution in [0.4, 0.5) is 0 Å². The van der Waals surface area contributed by atoms with Crippen molar-refractivity contribution in [2.45, 2.75) is 46.0 Å². The molecule has 0 spiro atoms. The smallest absolute Gasteiger partial charge is 0.119 e. The van der Waals surface area contributed by atoms with Gasteiger partial charge in [0.2, 0.25) is 0 Å². The van der Waals surface area contributed by atoms with Gasteiger partial charge in [0, 0.05) is 6.42 Å². The molecule has 0 saturated heterocycles. The Hall–Kier alpha value is -1.11. The molecule has 0 amide bonds. The van der Waals surface area contributed by atoms with E-state index < -0.39 is 0 Å². The minimum Gasteiger partial charge on any atom is -0.303 e. The van der Waals surface area contributed by atoms with Crippen molar-refractivity contribution in [2.75, 3.05) is 0 Å². The Balaban J connectivity index is 2.31. The molecule has 0 atom stereocenters. The van der Waals surface area contributed by atoms with E-state index in [0.717, 1.165) is 25.5 Å². The predicted molar refractivity (Wildman–Crippen MR) is 64.2 cm³/mol. The first-order chi connectivity index (χ1) is 7.24. The highest BCUT2D eigenvalue weighted by Gasteiger charge is 1.96. The van der Waals surface area contributed by atoms with Gasteiger partial charge in [0.15, 0.2) is 0 Å². The summed E-state index contributed by atoms with van der Waals surface area (Å²) in [7, 11) is 0. The second-order valence-corrected chi connectivity index (χ2v) is 4.18. The molecule has 82 valence electrons. The van der Waals surface area contributed by atoms with E-state index in [-0.39, 0.29) is 0 Å². The molecule has 1 rings (SSSR count). The third-order valence-electron chi connectivity index (χ3n) is 2.86. The van der Waals surface area contributed by atoms with Crippen LogP contribution in [0.5, 0.6) is 0 Å². The Labute approximate surface area is 92.5 Å². The van der Waals surface area contributed by atoms with Crippen molar-refractivity contribution < 1.29 is 4.79 Å². The first kappa shape index (κ1) is 12.0. The third kappa shape index (κ3) is 4.28. The summed E-state index contributed by atoms with van der Waals surface area (Å²) in [5, 5.41) is 0. The number of carbonyl (C=O) groups excluding carboxylic acids is 1. The molecular formula is C14H20O. The third-order valence-corrected chi connectivity index (χ3v) is 2.86. The molecule has 0 radical (unpaired) electrons. The van der Waals surface area contributed by atoms with Crippen molar-refractivity contribution in [3.05, 3.63) is 34.9 Å². The van der Waals surface area contributed by atoms with Crippen LogP contribution in [0, 0.1) is 13.8 Å². The van der Waals surface area contributed by atoms with Gasteiger partial charge in [0.25, 0.3) is 0 Å². The largest absolute Gasteiger partial charge is 0.303 e. The topological polar surface area (TPSA) is 17.1 Å². The molecule has 0 aliphatic heterocycles. The standard InChI is InChI=1S/C14H20O/c1-12-8-9-14(11-13(12)2)7-5-3-4-6-10-15/h8-11H,3-7H2,1-2H3. The first-order valence-electron chi connectivity index (χ1n) is 5.74. The average molecular weight is 204 g/mol. The van der Waals surface area contributed by atoms with E-state index in [1.165, 1.54) is 23.1 Å². The van der Waals surface area contributed by atoms with Gasteiger partial charge in [-0.1, -0.05) is 24.6 Å². The SMILES string of the molecule is Cc1ccc(CCCCCC=O)cc1C. The highest BCUT2D eigenvalue weighted by atomic mass is 16.1.